The van der Waals surface area contributed by atoms with Gasteiger partial charge in [-0.3, -0.25) is 0 Å². The SMILES string of the molecule is NCC(NCC(C1CC1)C1CC1)c1ccc(Cl)cc1Cl. The van der Waals surface area contributed by atoms with E-state index in [1.54, 1.807) is 6.07 Å². The summed E-state index contributed by atoms with van der Waals surface area (Å²) in [7, 11) is 0. The van der Waals surface area contributed by atoms with Crippen molar-refractivity contribution in [3.63, 3.8) is 0 Å². The lowest BCUT2D eigenvalue weighted by molar-refractivity contribution is 0.357. The molecule has 2 nitrogen and oxygen atoms in total. The maximum Gasteiger partial charge on any atom is 0.0469 e. The maximum absolute atomic E-state index is 6.29. The molecule has 2 aliphatic rings. The molecule has 110 valence electrons. The molecule has 0 radical (unpaired) electrons. The molecule has 0 spiro atoms. The van der Waals surface area contributed by atoms with Crippen molar-refractivity contribution in [3.8, 4) is 0 Å². The minimum Gasteiger partial charge on any atom is -0.329 e. The Morgan fingerprint density at radius 3 is 2.30 bits per heavy atom. The summed E-state index contributed by atoms with van der Waals surface area (Å²) in [5.74, 6) is 2.75. The molecule has 3 N–H and O–H groups in total. The Morgan fingerprint density at radius 2 is 1.80 bits per heavy atom. The molecule has 0 aliphatic heterocycles. The summed E-state index contributed by atoms with van der Waals surface area (Å²) in [6.07, 6.45) is 5.66. The van der Waals surface area contributed by atoms with Crippen LogP contribution in [0.5, 0.6) is 0 Å². The molecule has 1 atom stereocenters. The van der Waals surface area contributed by atoms with Crippen molar-refractivity contribution in [1.82, 2.24) is 5.32 Å². The first kappa shape index (κ1) is 14.6. The van der Waals surface area contributed by atoms with Crippen LogP contribution >= 0.6 is 23.2 Å². The molecule has 0 amide bonds. The van der Waals surface area contributed by atoms with E-state index < -0.39 is 0 Å². The topological polar surface area (TPSA) is 38.0 Å². The zero-order valence-corrected chi connectivity index (χ0v) is 13.1. The third kappa shape index (κ3) is 3.48. The molecule has 2 aliphatic carbocycles. The van der Waals surface area contributed by atoms with Crippen LogP contribution in [0.1, 0.15) is 37.3 Å². The van der Waals surface area contributed by atoms with Gasteiger partial charge in [-0.2, -0.15) is 0 Å². The van der Waals surface area contributed by atoms with Gasteiger partial charge in [0.2, 0.25) is 0 Å². The molecule has 1 aromatic rings. The summed E-state index contributed by atoms with van der Waals surface area (Å²) in [5.41, 5.74) is 6.99. The van der Waals surface area contributed by atoms with Gasteiger partial charge in [0.25, 0.3) is 0 Å². The molecule has 2 saturated carbocycles. The Balaban J connectivity index is 1.63. The predicted molar refractivity (Wildman–Crippen MR) is 85.2 cm³/mol. The van der Waals surface area contributed by atoms with Crippen molar-refractivity contribution < 1.29 is 0 Å². The number of rotatable bonds is 7. The minimum atomic E-state index is 0.125. The van der Waals surface area contributed by atoms with E-state index in [9.17, 15) is 0 Å². The zero-order chi connectivity index (χ0) is 14.1. The second kappa shape index (κ2) is 6.23. The smallest absolute Gasteiger partial charge is 0.0469 e. The Kier molecular flexibility index (Phi) is 4.56. The fourth-order valence-electron chi connectivity index (χ4n) is 3.15. The first-order chi connectivity index (χ1) is 9.69. The zero-order valence-electron chi connectivity index (χ0n) is 11.6. The van der Waals surface area contributed by atoms with Crippen molar-refractivity contribution in [3.05, 3.63) is 33.8 Å². The van der Waals surface area contributed by atoms with E-state index >= 15 is 0 Å². The third-order valence-corrected chi connectivity index (χ3v) is 5.19. The molecule has 0 aromatic heterocycles. The average molecular weight is 313 g/mol. The van der Waals surface area contributed by atoms with Crippen LogP contribution in [0, 0.1) is 17.8 Å². The van der Waals surface area contributed by atoms with Crippen molar-refractivity contribution in [2.45, 2.75) is 31.7 Å². The molecule has 1 aromatic carbocycles. The van der Waals surface area contributed by atoms with Gasteiger partial charge in [0.05, 0.1) is 0 Å². The van der Waals surface area contributed by atoms with Gasteiger partial charge in [0.15, 0.2) is 0 Å². The van der Waals surface area contributed by atoms with Crippen LogP contribution in [-0.4, -0.2) is 13.1 Å². The molecule has 20 heavy (non-hydrogen) atoms. The summed E-state index contributed by atoms with van der Waals surface area (Å²) in [6, 6.07) is 5.78. The van der Waals surface area contributed by atoms with Crippen LogP contribution in [0.15, 0.2) is 18.2 Å². The maximum atomic E-state index is 6.29. The fraction of sp³-hybridized carbons (Fsp3) is 0.625. The van der Waals surface area contributed by atoms with Crippen molar-refractivity contribution in [2.24, 2.45) is 23.5 Å². The number of nitrogens with one attached hydrogen (secondary N) is 1. The fourth-order valence-corrected chi connectivity index (χ4v) is 3.69. The summed E-state index contributed by atoms with van der Waals surface area (Å²) < 4.78 is 0. The van der Waals surface area contributed by atoms with Gasteiger partial charge in [-0.25, -0.2) is 0 Å². The summed E-state index contributed by atoms with van der Waals surface area (Å²) in [6.45, 7) is 1.62. The van der Waals surface area contributed by atoms with Gasteiger partial charge in [0.1, 0.15) is 0 Å². The van der Waals surface area contributed by atoms with Crippen LogP contribution in [0.2, 0.25) is 10.0 Å². The molecule has 1 unspecified atom stereocenters. The Hall–Kier alpha value is -0.280. The van der Waals surface area contributed by atoms with E-state index in [-0.39, 0.29) is 6.04 Å². The van der Waals surface area contributed by atoms with Crippen LogP contribution < -0.4 is 11.1 Å². The first-order valence-electron chi connectivity index (χ1n) is 7.57. The Labute approximate surface area is 131 Å². The minimum absolute atomic E-state index is 0.125. The van der Waals surface area contributed by atoms with Gasteiger partial charge < -0.3 is 11.1 Å². The van der Waals surface area contributed by atoms with E-state index in [1.165, 1.54) is 25.7 Å². The molecule has 4 heteroatoms. The standard InChI is InChI=1S/C16H22Cl2N2/c17-12-5-6-13(15(18)7-12)16(8-19)20-9-14(10-1-2-10)11-3-4-11/h5-7,10-11,14,16,20H,1-4,8-9,19H2. The molecule has 0 saturated heterocycles. The van der Waals surface area contributed by atoms with E-state index in [4.69, 9.17) is 28.9 Å². The van der Waals surface area contributed by atoms with Crippen LogP contribution in [0.25, 0.3) is 0 Å². The second-order valence-electron chi connectivity index (χ2n) is 6.20. The summed E-state index contributed by atoms with van der Waals surface area (Å²) in [5, 5.41) is 5.01. The number of benzene rings is 1. The second-order valence-corrected chi connectivity index (χ2v) is 7.04. The Morgan fingerprint density at radius 1 is 1.15 bits per heavy atom. The molecule has 2 fully saturated rings. The van der Waals surface area contributed by atoms with Gasteiger partial charge in [-0.1, -0.05) is 29.3 Å². The quantitative estimate of drug-likeness (QED) is 0.798. The van der Waals surface area contributed by atoms with Crippen LogP contribution in [0.4, 0.5) is 0 Å². The lowest BCUT2D eigenvalue weighted by atomic mass is 9.97. The molecular weight excluding hydrogens is 291 g/mol. The lowest BCUT2D eigenvalue weighted by Crippen LogP contribution is -2.33. The third-order valence-electron chi connectivity index (χ3n) is 4.63. The van der Waals surface area contributed by atoms with Gasteiger partial charge in [0, 0.05) is 22.6 Å². The van der Waals surface area contributed by atoms with Gasteiger partial charge in [-0.15, -0.1) is 0 Å². The highest BCUT2D eigenvalue weighted by Crippen LogP contribution is 2.49. The largest absolute Gasteiger partial charge is 0.329 e. The van der Waals surface area contributed by atoms with Crippen molar-refractivity contribution >= 4 is 23.2 Å². The highest BCUT2D eigenvalue weighted by molar-refractivity contribution is 6.35. The number of hydrogen-bond acceptors (Lipinski definition) is 2. The highest BCUT2D eigenvalue weighted by Gasteiger charge is 2.41. The van der Waals surface area contributed by atoms with Crippen molar-refractivity contribution in [2.75, 3.05) is 13.1 Å². The average Bonchev–Trinajstić information content (AvgIpc) is 3.28. The molecule has 3 rings (SSSR count). The highest BCUT2D eigenvalue weighted by atomic mass is 35.5. The van der Waals surface area contributed by atoms with E-state index in [1.807, 2.05) is 12.1 Å². The number of halogens is 2. The summed E-state index contributed by atoms with van der Waals surface area (Å²) in [4.78, 5) is 0. The molecular formula is C16H22Cl2N2. The normalized spacial score (nSPS) is 20.4. The lowest BCUT2D eigenvalue weighted by Gasteiger charge is -2.23. The summed E-state index contributed by atoms with van der Waals surface area (Å²) >= 11 is 12.2. The Bertz CT molecular complexity index is 458. The number of hydrogen-bond donors (Lipinski definition) is 2. The van der Waals surface area contributed by atoms with E-state index in [2.05, 4.69) is 5.32 Å². The van der Waals surface area contributed by atoms with Gasteiger partial charge >= 0.3 is 0 Å². The van der Waals surface area contributed by atoms with Crippen molar-refractivity contribution in [1.29, 1.82) is 0 Å². The first-order valence-corrected chi connectivity index (χ1v) is 8.33. The monoisotopic (exact) mass is 312 g/mol. The van der Waals surface area contributed by atoms with E-state index in [0.717, 1.165) is 29.9 Å². The molecule has 0 heterocycles. The van der Waals surface area contributed by atoms with E-state index in [0.29, 0.717) is 16.6 Å². The molecule has 0 bridgehead atoms. The number of nitrogens with two attached hydrogens (primary N) is 1. The van der Waals surface area contributed by atoms with Crippen LogP contribution in [0.3, 0.4) is 0 Å². The predicted octanol–water partition coefficient (Wildman–Crippen LogP) is 4.02. The van der Waals surface area contributed by atoms with Crippen LogP contribution in [-0.2, 0) is 0 Å². The van der Waals surface area contributed by atoms with Gasteiger partial charge in [-0.05, 0) is 67.7 Å².